The van der Waals surface area contributed by atoms with E-state index >= 15 is 0 Å². The number of nitrogens with two attached hydrogens (primary N) is 1. The number of aromatic nitrogens is 1. The monoisotopic (exact) mass is 200 g/mol. The number of rotatable bonds is 3. The van der Waals surface area contributed by atoms with Gasteiger partial charge in [0.2, 0.25) is 0 Å². The van der Waals surface area contributed by atoms with Crippen LogP contribution >= 0.6 is 0 Å². The van der Waals surface area contributed by atoms with E-state index in [1.54, 1.807) is 0 Å². The Morgan fingerprint density at radius 2 is 2.13 bits per heavy atom. The summed E-state index contributed by atoms with van der Waals surface area (Å²) < 4.78 is 0. The van der Waals surface area contributed by atoms with E-state index in [9.17, 15) is 0 Å². The zero-order valence-corrected chi connectivity index (χ0v) is 8.74. The summed E-state index contributed by atoms with van der Waals surface area (Å²) in [6.45, 7) is 0. The van der Waals surface area contributed by atoms with Crippen LogP contribution in [0.4, 0.5) is 0 Å². The van der Waals surface area contributed by atoms with Crippen molar-refractivity contribution in [2.75, 3.05) is 0 Å². The summed E-state index contributed by atoms with van der Waals surface area (Å²) in [6.07, 6.45) is 5.76. The van der Waals surface area contributed by atoms with Gasteiger partial charge in [-0.3, -0.25) is 0 Å². The lowest BCUT2D eigenvalue weighted by atomic mass is 10.1. The molecule has 2 nitrogen and oxygen atoms in total. The normalized spacial score (nSPS) is 24.6. The molecule has 1 aliphatic rings. The molecule has 0 spiro atoms. The van der Waals surface area contributed by atoms with Gasteiger partial charge in [-0.15, -0.1) is 0 Å². The second-order valence-electron chi connectivity index (χ2n) is 4.56. The molecule has 2 heteroatoms. The number of para-hydroxylation sites is 1. The van der Waals surface area contributed by atoms with Crippen molar-refractivity contribution in [3.63, 3.8) is 0 Å². The number of nitrogens with one attached hydrogen (secondary N) is 1. The van der Waals surface area contributed by atoms with E-state index in [1.165, 1.54) is 29.3 Å². The molecule has 1 aromatic heterocycles. The highest BCUT2D eigenvalue weighted by molar-refractivity contribution is 5.82. The average molecular weight is 200 g/mol. The highest BCUT2D eigenvalue weighted by Gasteiger charge is 2.32. The fourth-order valence-corrected chi connectivity index (χ4v) is 2.28. The van der Waals surface area contributed by atoms with Crippen molar-refractivity contribution < 1.29 is 0 Å². The summed E-state index contributed by atoms with van der Waals surface area (Å²) in [5, 5.41) is 1.37. The van der Waals surface area contributed by atoms with E-state index in [0.717, 1.165) is 12.3 Å². The summed E-state index contributed by atoms with van der Waals surface area (Å²) in [7, 11) is 0. The summed E-state index contributed by atoms with van der Waals surface area (Å²) in [5.41, 5.74) is 8.49. The highest BCUT2D eigenvalue weighted by atomic mass is 14.7. The SMILES string of the molecule is NC1CC1CCc1c[nH]c2ccccc12. The molecule has 2 unspecified atom stereocenters. The highest BCUT2D eigenvalue weighted by Crippen LogP contribution is 2.33. The molecule has 1 fully saturated rings. The van der Waals surface area contributed by atoms with Crippen molar-refractivity contribution in [3.05, 3.63) is 36.0 Å². The van der Waals surface area contributed by atoms with E-state index in [1.807, 2.05) is 0 Å². The molecule has 0 radical (unpaired) electrons. The summed E-state index contributed by atoms with van der Waals surface area (Å²) in [6, 6.07) is 8.97. The van der Waals surface area contributed by atoms with Crippen LogP contribution in [0, 0.1) is 5.92 Å². The quantitative estimate of drug-likeness (QED) is 0.785. The molecular weight excluding hydrogens is 184 g/mol. The van der Waals surface area contributed by atoms with Gasteiger partial charge in [-0.05, 0) is 36.8 Å². The second-order valence-corrected chi connectivity index (χ2v) is 4.56. The molecule has 15 heavy (non-hydrogen) atoms. The Hall–Kier alpha value is -1.28. The standard InChI is InChI=1S/C13H16N2/c14-12-7-9(12)5-6-10-8-15-13-4-2-1-3-11(10)13/h1-4,8-9,12,15H,5-7,14H2. The third kappa shape index (κ3) is 1.65. The maximum Gasteiger partial charge on any atom is 0.0456 e. The Labute approximate surface area is 89.5 Å². The summed E-state index contributed by atoms with van der Waals surface area (Å²) in [5.74, 6) is 0.777. The van der Waals surface area contributed by atoms with Crippen molar-refractivity contribution in [2.24, 2.45) is 11.7 Å². The molecule has 1 heterocycles. The van der Waals surface area contributed by atoms with Gasteiger partial charge in [0, 0.05) is 23.1 Å². The molecule has 3 N–H and O–H groups in total. The van der Waals surface area contributed by atoms with Gasteiger partial charge in [0.05, 0.1) is 0 Å². The first-order valence-electron chi connectivity index (χ1n) is 5.65. The van der Waals surface area contributed by atoms with Crippen molar-refractivity contribution >= 4 is 10.9 Å². The van der Waals surface area contributed by atoms with Gasteiger partial charge in [-0.1, -0.05) is 18.2 Å². The van der Waals surface area contributed by atoms with Gasteiger partial charge >= 0.3 is 0 Å². The predicted molar refractivity (Wildman–Crippen MR) is 62.7 cm³/mol. The van der Waals surface area contributed by atoms with Gasteiger partial charge in [-0.2, -0.15) is 0 Å². The zero-order valence-electron chi connectivity index (χ0n) is 8.74. The lowest BCUT2D eigenvalue weighted by Crippen LogP contribution is -2.02. The fourth-order valence-electron chi connectivity index (χ4n) is 2.28. The zero-order chi connectivity index (χ0) is 10.3. The summed E-state index contributed by atoms with van der Waals surface area (Å²) >= 11 is 0. The fraction of sp³-hybridized carbons (Fsp3) is 0.385. The van der Waals surface area contributed by atoms with Crippen LogP contribution in [-0.2, 0) is 6.42 Å². The predicted octanol–water partition coefficient (Wildman–Crippen LogP) is 2.45. The van der Waals surface area contributed by atoms with E-state index in [0.29, 0.717) is 6.04 Å². The lowest BCUT2D eigenvalue weighted by molar-refractivity contribution is 0.702. The Bertz CT molecular complexity index is 472. The molecule has 1 aromatic carbocycles. The molecule has 2 atom stereocenters. The number of benzene rings is 1. The maximum absolute atomic E-state index is 5.81. The number of H-pyrrole nitrogens is 1. The van der Waals surface area contributed by atoms with Crippen molar-refractivity contribution in [1.29, 1.82) is 0 Å². The number of aryl methyl sites for hydroxylation is 1. The van der Waals surface area contributed by atoms with Crippen LogP contribution in [0.15, 0.2) is 30.5 Å². The van der Waals surface area contributed by atoms with Crippen molar-refractivity contribution in [3.8, 4) is 0 Å². The Kier molecular flexibility index (Phi) is 2.03. The van der Waals surface area contributed by atoms with Crippen molar-refractivity contribution in [2.45, 2.75) is 25.3 Å². The third-order valence-corrected chi connectivity index (χ3v) is 3.44. The molecule has 1 saturated carbocycles. The van der Waals surface area contributed by atoms with Crippen LogP contribution in [0.3, 0.4) is 0 Å². The second kappa shape index (κ2) is 3.38. The molecule has 1 aliphatic carbocycles. The number of hydrogen-bond acceptors (Lipinski definition) is 1. The molecule has 0 bridgehead atoms. The smallest absolute Gasteiger partial charge is 0.0456 e. The number of hydrogen-bond donors (Lipinski definition) is 2. The minimum absolute atomic E-state index is 0.482. The lowest BCUT2D eigenvalue weighted by Gasteiger charge is -1.98. The minimum atomic E-state index is 0.482. The molecule has 0 aliphatic heterocycles. The van der Waals surface area contributed by atoms with Crippen LogP contribution in [0.2, 0.25) is 0 Å². The molecule has 78 valence electrons. The van der Waals surface area contributed by atoms with Crippen LogP contribution in [0.25, 0.3) is 10.9 Å². The Morgan fingerprint density at radius 3 is 2.93 bits per heavy atom. The Balaban J connectivity index is 1.79. The van der Waals surface area contributed by atoms with Crippen LogP contribution < -0.4 is 5.73 Å². The van der Waals surface area contributed by atoms with Gasteiger partial charge in [-0.25, -0.2) is 0 Å². The van der Waals surface area contributed by atoms with Gasteiger partial charge < -0.3 is 10.7 Å². The van der Waals surface area contributed by atoms with E-state index in [2.05, 4.69) is 35.4 Å². The number of fused-ring (bicyclic) bond motifs is 1. The molecule has 0 saturated heterocycles. The van der Waals surface area contributed by atoms with Gasteiger partial charge in [0.15, 0.2) is 0 Å². The topological polar surface area (TPSA) is 41.8 Å². The molecule has 0 amide bonds. The minimum Gasteiger partial charge on any atom is -0.361 e. The van der Waals surface area contributed by atoms with Crippen LogP contribution in [0.1, 0.15) is 18.4 Å². The maximum atomic E-state index is 5.81. The molecule has 3 rings (SSSR count). The first-order valence-corrected chi connectivity index (χ1v) is 5.65. The molecular formula is C13H16N2. The van der Waals surface area contributed by atoms with Gasteiger partial charge in [0.1, 0.15) is 0 Å². The van der Waals surface area contributed by atoms with Crippen molar-refractivity contribution in [1.82, 2.24) is 4.98 Å². The van der Waals surface area contributed by atoms with E-state index < -0.39 is 0 Å². The van der Waals surface area contributed by atoms with Crippen LogP contribution in [0.5, 0.6) is 0 Å². The van der Waals surface area contributed by atoms with E-state index in [4.69, 9.17) is 5.73 Å². The first kappa shape index (κ1) is 8.98. The van der Waals surface area contributed by atoms with Crippen LogP contribution in [-0.4, -0.2) is 11.0 Å². The van der Waals surface area contributed by atoms with Gasteiger partial charge in [0.25, 0.3) is 0 Å². The average Bonchev–Trinajstić information content (AvgIpc) is 2.81. The largest absolute Gasteiger partial charge is 0.361 e. The first-order chi connectivity index (χ1) is 7.34. The van der Waals surface area contributed by atoms with E-state index in [-0.39, 0.29) is 0 Å². The summed E-state index contributed by atoms with van der Waals surface area (Å²) in [4.78, 5) is 3.31. The number of aromatic amines is 1. The third-order valence-electron chi connectivity index (χ3n) is 3.44. The molecule has 2 aromatic rings. The Morgan fingerprint density at radius 1 is 1.33 bits per heavy atom.